The van der Waals surface area contributed by atoms with Crippen LogP contribution in [-0.2, 0) is 49.4 Å². The molecule has 4 unspecified atom stereocenters. The van der Waals surface area contributed by atoms with E-state index in [1.165, 1.54) is 0 Å². The first kappa shape index (κ1) is 20.8. The molecule has 4 N–H and O–H groups in total. The van der Waals surface area contributed by atoms with E-state index in [2.05, 4.69) is 49.4 Å². The molecule has 0 aromatic rings. The summed E-state index contributed by atoms with van der Waals surface area (Å²) in [6.07, 6.45) is 0. The summed E-state index contributed by atoms with van der Waals surface area (Å²) in [7, 11) is -46.5. The Morgan fingerprint density at radius 3 is 0.821 bits per heavy atom. The van der Waals surface area contributed by atoms with Crippen LogP contribution in [0.3, 0.4) is 0 Å². The third-order valence-electron chi connectivity index (χ3n) is 3.05. The van der Waals surface area contributed by atoms with Gasteiger partial charge in [-0.3, -0.25) is 0 Å². The van der Waals surface area contributed by atoms with Gasteiger partial charge in [-0.15, -0.1) is 0 Å². The molecule has 0 aromatic carbocycles. The molecular formula is H4O20Si8-4. The summed E-state index contributed by atoms with van der Waals surface area (Å²) in [5.41, 5.74) is 0. The maximum absolute atomic E-state index is 12.7. The van der Waals surface area contributed by atoms with E-state index in [0.717, 1.165) is 0 Å². The van der Waals surface area contributed by atoms with Gasteiger partial charge in [-0.2, -0.15) is 0 Å². The van der Waals surface area contributed by atoms with E-state index in [-0.39, 0.29) is 0 Å². The molecule has 28 heteroatoms. The van der Waals surface area contributed by atoms with Crippen LogP contribution in [0, 0.1) is 0 Å². The van der Waals surface area contributed by atoms with Crippen LogP contribution in [0.2, 0.25) is 0 Å². The zero-order chi connectivity index (χ0) is 20.5. The van der Waals surface area contributed by atoms with Gasteiger partial charge >= 0.3 is 72.4 Å². The lowest BCUT2D eigenvalue weighted by atomic mass is 15.5. The molecular weight excluding hydrogens is 545 g/mol. The van der Waals surface area contributed by atoms with Crippen LogP contribution < -0.4 is 19.2 Å². The van der Waals surface area contributed by atoms with Crippen molar-refractivity contribution in [1.82, 2.24) is 0 Å². The molecule has 4 atom stereocenters. The van der Waals surface area contributed by atoms with Crippen molar-refractivity contribution in [3.63, 3.8) is 0 Å². The van der Waals surface area contributed by atoms with Crippen molar-refractivity contribution in [2.24, 2.45) is 0 Å². The molecule has 20 nitrogen and oxygen atoms in total. The summed E-state index contributed by atoms with van der Waals surface area (Å²) in [5.74, 6) is 0. The summed E-state index contributed by atoms with van der Waals surface area (Å²) in [4.78, 5) is 92.1. The van der Waals surface area contributed by atoms with Gasteiger partial charge in [-0.25, -0.2) is 0 Å². The van der Waals surface area contributed by atoms with Gasteiger partial charge in [0.05, 0.1) is 0 Å². The summed E-state index contributed by atoms with van der Waals surface area (Å²) in [6.45, 7) is 0. The van der Waals surface area contributed by atoms with Crippen LogP contribution >= 0.6 is 0 Å². The Morgan fingerprint density at radius 2 is 0.500 bits per heavy atom. The van der Waals surface area contributed by atoms with Crippen LogP contribution in [0.25, 0.3) is 0 Å². The van der Waals surface area contributed by atoms with Gasteiger partial charge in [-0.1, -0.05) is 0 Å². The van der Waals surface area contributed by atoms with Gasteiger partial charge < -0.3 is 87.7 Å². The molecule has 160 valence electrons. The average Bonchev–Trinajstić information content (AvgIpc) is 2.22. The SMILES string of the molecule is [O-][Si]12O[Si]3([O-])O[Si]4([O-])O[Si](O)(O1)O[Si]1([O-])O[Si](O)(O2)O[Si](O)(O3)O[Si](O)(O4)O1. The highest BCUT2D eigenvalue weighted by atomic mass is 28.7. The van der Waals surface area contributed by atoms with E-state index >= 15 is 0 Å². The predicted octanol–water partition coefficient (Wildman–Crippen LogP) is -10.9. The Kier molecular flexibility index (Phi) is 4.06. The van der Waals surface area contributed by atoms with E-state index in [0.29, 0.717) is 0 Å². The van der Waals surface area contributed by atoms with Crippen molar-refractivity contribution in [3.05, 3.63) is 0 Å². The minimum atomic E-state index is -5.93. The Labute approximate surface area is 160 Å². The first-order chi connectivity index (χ1) is 12.5. The number of hydrogen-bond acceptors (Lipinski definition) is 20. The van der Waals surface area contributed by atoms with Crippen molar-refractivity contribution in [2.75, 3.05) is 0 Å². The second kappa shape index (κ2) is 5.46. The summed E-state index contributed by atoms with van der Waals surface area (Å²) in [6, 6.07) is 0. The molecule has 0 spiro atoms. The highest BCUT2D eigenvalue weighted by Gasteiger charge is 2.79. The van der Waals surface area contributed by atoms with Crippen LogP contribution in [0.1, 0.15) is 0 Å². The summed E-state index contributed by atoms with van der Waals surface area (Å²) in [5, 5.41) is 0. The molecule has 6 fully saturated rings. The van der Waals surface area contributed by atoms with Crippen molar-refractivity contribution >= 4 is 72.4 Å². The Balaban J connectivity index is 1.79. The van der Waals surface area contributed by atoms with Gasteiger partial charge in [0.15, 0.2) is 0 Å². The highest BCUT2D eigenvalue weighted by Crippen LogP contribution is 2.41. The zero-order valence-electron chi connectivity index (χ0n) is 12.3. The third kappa shape index (κ3) is 3.41. The molecule has 6 heterocycles. The molecule has 0 aromatic heterocycles. The normalized spacial score (nSPS) is 66.0. The Morgan fingerprint density at radius 1 is 0.321 bits per heavy atom. The molecule has 8 bridgehead atoms. The fourth-order valence-corrected chi connectivity index (χ4v) is 30.6. The molecule has 0 amide bonds. The molecule has 6 aliphatic heterocycles. The fourth-order valence-electron chi connectivity index (χ4n) is 2.40. The summed E-state index contributed by atoms with van der Waals surface area (Å²) < 4.78 is 53.9. The van der Waals surface area contributed by atoms with Crippen molar-refractivity contribution in [1.29, 1.82) is 0 Å². The van der Waals surface area contributed by atoms with E-state index in [4.69, 9.17) is 0 Å². The minimum Gasteiger partial charge on any atom is -0.795 e. The topological polar surface area (TPSA) is 284 Å². The van der Waals surface area contributed by atoms with Gasteiger partial charge in [0.1, 0.15) is 0 Å². The van der Waals surface area contributed by atoms with E-state index in [1.54, 1.807) is 0 Å². The van der Waals surface area contributed by atoms with Crippen molar-refractivity contribution < 1.29 is 87.7 Å². The van der Waals surface area contributed by atoms with Crippen molar-refractivity contribution in [2.45, 2.75) is 0 Å². The lowest BCUT2D eigenvalue weighted by Crippen LogP contribution is -2.94. The van der Waals surface area contributed by atoms with E-state index in [1.807, 2.05) is 0 Å². The third-order valence-corrected chi connectivity index (χ3v) is 27.4. The second-order valence-electron chi connectivity index (χ2n) is 5.32. The standard InChI is InChI=1S/H4O20Si8/c1-21-9-22(2)12-25(5)14-23(3,10-21)16-27(7)17-24(4,11-21)15-26(6,13-22)19-28(8,18-25)20-27/h1-3,8H/q-4. The molecule has 0 radical (unpaired) electrons. The fraction of sp³-hybridized carbons (Fsp3) is 0. The average molecular weight is 549 g/mol. The number of hydrogen-bond donors (Lipinski definition) is 4. The summed E-state index contributed by atoms with van der Waals surface area (Å²) >= 11 is 0. The number of rotatable bonds is 0. The smallest absolute Gasteiger partial charge is 0.657 e. The zero-order valence-corrected chi connectivity index (χ0v) is 20.3. The monoisotopic (exact) mass is 548 g/mol. The van der Waals surface area contributed by atoms with Gasteiger partial charge in [-0.05, 0) is 0 Å². The minimum absolute atomic E-state index is 4.42. The van der Waals surface area contributed by atoms with Gasteiger partial charge in [0.2, 0.25) is 0 Å². The molecule has 0 saturated carbocycles. The second-order valence-corrected chi connectivity index (χ2v) is 23.3. The maximum atomic E-state index is 12.7. The molecule has 6 aliphatic rings. The maximum Gasteiger partial charge on any atom is 0.657 e. The van der Waals surface area contributed by atoms with Gasteiger partial charge in [0, 0.05) is 0 Å². The van der Waals surface area contributed by atoms with Gasteiger partial charge in [0.25, 0.3) is 0 Å². The predicted molar refractivity (Wildman–Crippen MR) is 67.9 cm³/mol. The Hall–Kier alpha value is 0.935. The van der Waals surface area contributed by atoms with Crippen LogP contribution in [0.5, 0.6) is 0 Å². The van der Waals surface area contributed by atoms with Crippen molar-refractivity contribution in [3.8, 4) is 0 Å². The first-order valence-electron chi connectivity index (χ1n) is 6.61. The highest BCUT2D eigenvalue weighted by molar-refractivity contribution is 6.95. The molecule has 0 aliphatic carbocycles. The first-order valence-corrected chi connectivity index (χ1v) is 19.8. The lowest BCUT2D eigenvalue weighted by Gasteiger charge is -2.63. The van der Waals surface area contributed by atoms with E-state index in [9.17, 15) is 38.4 Å². The lowest BCUT2D eigenvalue weighted by molar-refractivity contribution is -0.373. The van der Waals surface area contributed by atoms with Crippen LogP contribution in [0.4, 0.5) is 0 Å². The van der Waals surface area contributed by atoms with Crippen LogP contribution in [0.15, 0.2) is 0 Å². The molecule has 6 saturated heterocycles. The largest absolute Gasteiger partial charge is 0.795 e. The van der Waals surface area contributed by atoms with Crippen LogP contribution in [-0.4, -0.2) is 91.6 Å². The van der Waals surface area contributed by atoms with E-state index < -0.39 is 72.4 Å². The molecule has 6 rings (SSSR count). The Bertz CT molecular complexity index is 470. The molecule has 28 heavy (non-hydrogen) atoms. The quantitative estimate of drug-likeness (QED) is 0.204.